The number of aromatic nitrogens is 1. The number of nitrogens with zero attached hydrogens (tertiary/aromatic N) is 2. The van der Waals surface area contributed by atoms with Gasteiger partial charge in [0.15, 0.2) is 23.6 Å². The van der Waals surface area contributed by atoms with Crippen molar-refractivity contribution >= 4 is 40.1 Å². The number of carbonyl (C=O) groups excluding carboxylic acids is 1. The van der Waals surface area contributed by atoms with Crippen LogP contribution in [0.25, 0.3) is 0 Å². The van der Waals surface area contributed by atoms with Crippen molar-refractivity contribution in [2.24, 2.45) is 10.7 Å². The van der Waals surface area contributed by atoms with Gasteiger partial charge in [0.1, 0.15) is 5.69 Å². The van der Waals surface area contributed by atoms with E-state index in [0.717, 1.165) is 17.8 Å². The molecule has 0 fully saturated rings. The minimum atomic E-state index is -1.18. The number of anilines is 1. The van der Waals surface area contributed by atoms with Gasteiger partial charge in [0.25, 0.3) is 5.91 Å². The fraction of sp³-hybridized carbons (Fsp3) is 0.278. The molecule has 0 aliphatic carbocycles. The van der Waals surface area contributed by atoms with Gasteiger partial charge in [0, 0.05) is 22.7 Å². The second-order valence-corrected chi connectivity index (χ2v) is 8.29. The number of alkyl halides is 1. The average molecular weight is 447 g/mol. The van der Waals surface area contributed by atoms with Crippen LogP contribution in [0.15, 0.2) is 35.5 Å². The van der Waals surface area contributed by atoms with Crippen molar-refractivity contribution in [3.05, 3.63) is 58.4 Å². The summed E-state index contributed by atoms with van der Waals surface area (Å²) in [5, 5.41) is 12.3. The number of aliphatic hydroxyl groups excluding tert-OH is 1. The standard InChI is InChI=1S/C18H18ClF3N4O2S/c1-18(8-27,29-17(23)25-9-20)6-10-4-12(5-13(21)15(10)22)26-16(28)14-3-2-11(19)7-24-14/h2-5,7,27H,6,8-9H2,1H3,(H2,23,25)(H,26,28)/t18-/m1/s1. The Morgan fingerprint density at radius 1 is 1.41 bits per heavy atom. The maximum atomic E-state index is 14.3. The summed E-state index contributed by atoms with van der Waals surface area (Å²) < 4.78 is 39.6. The predicted octanol–water partition coefficient (Wildman–Crippen LogP) is 3.53. The first-order chi connectivity index (χ1) is 13.7. The molecular formula is C18H18ClF3N4O2S. The van der Waals surface area contributed by atoms with Gasteiger partial charge < -0.3 is 16.2 Å². The van der Waals surface area contributed by atoms with Crippen molar-refractivity contribution in [1.82, 2.24) is 4.98 Å². The van der Waals surface area contributed by atoms with Crippen LogP contribution in [0, 0.1) is 11.6 Å². The number of carbonyl (C=O) groups is 1. The Hall–Kier alpha value is -2.30. The molecule has 0 aliphatic heterocycles. The first-order valence-corrected chi connectivity index (χ1v) is 9.43. The fourth-order valence-electron chi connectivity index (χ4n) is 2.42. The first kappa shape index (κ1) is 23.0. The number of aliphatic hydroxyl groups is 1. The van der Waals surface area contributed by atoms with Crippen molar-refractivity contribution in [1.29, 1.82) is 0 Å². The minimum absolute atomic E-state index is 0.00339. The molecule has 0 spiro atoms. The minimum Gasteiger partial charge on any atom is -0.395 e. The van der Waals surface area contributed by atoms with Crippen LogP contribution in [0.1, 0.15) is 23.0 Å². The molecule has 11 heteroatoms. The number of amidine groups is 1. The molecule has 29 heavy (non-hydrogen) atoms. The number of nitrogens with two attached hydrogens (primary N) is 1. The molecule has 6 nitrogen and oxygen atoms in total. The number of pyridine rings is 1. The number of benzene rings is 1. The third-order valence-corrected chi connectivity index (χ3v) is 5.11. The van der Waals surface area contributed by atoms with Crippen molar-refractivity contribution < 1.29 is 23.1 Å². The normalized spacial score (nSPS) is 13.8. The molecule has 0 bridgehead atoms. The summed E-state index contributed by atoms with van der Waals surface area (Å²) in [4.78, 5) is 19.5. The first-order valence-electron chi connectivity index (χ1n) is 8.24. The van der Waals surface area contributed by atoms with Gasteiger partial charge in [0.05, 0.1) is 11.6 Å². The van der Waals surface area contributed by atoms with Crippen LogP contribution in [0.4, 0.5) is 18.9 Å². The Kier molecular flexibility index (Phi) is 7.88. The molecule has 1 aromatic heterocycles. The van der Waals surface area contributed by atoms with Crippen LogP contribution in [0.5, 0.6) is 0 Å². The molecule has 0 aliphatic rings. The Bertz CT molecular complexity index is 915. The van der Waals surface area contributed by atoms with Crippen LogP contribution in [0.2, 0.25) is 5.02 Å². The van der Waals surface area contributed by atoms with Crippen molar-refractivity contribution in [2.75, 3.05) is 18.7 Å². The van der Waals surface area contributed by atoms with E-state index < -0.39 is 35.7 Å². The zero-order valence-corrected chi connectivity index (χ0v) is 16.8. The number of rotatable bonds is 7. The van der Waals surface area contributed by atoms with E-state index in [1.54, 1.807) is 6.92 Å². The van der Waals surface area contributed by atoms with E-state index in [1.807, 2.05) is 0 Å². The maximum Gasteiger partial charge on any atom is 0.274 e. The summed E-state index contributed by atoms with van der Waals surface area (Å²) in [5.41, 5.74) is 5.48. The number of halogens is 4. The summed E-state index contributed by atoms with van der Waals surface area (Å²) in [6, 6.07) is 4.91. The highest BCUT2D eigenvalue weighted by atomic mass is 35.5. The highest BCUT2D eigenvalue weighted by Gasteiger charge is 2.29. The Morgan fingerprint density at radius 2 is 2.14 bits per heavy atom. The van der Waals surface area contributed by atoms with Crippen molar-refractivity contribution in [3.8, 4) is 0 Å². The third-order valence-electron chi connectivity index (χ3n) is 3.79. The van der Waals surface area contributed by atoms with Gasteiger partial charge in [0.2, 0.25) is 0 Å². The molecule has 0 unspecified atom stereocenters. The van der Waals surface area contributed by atoms with E-state index in [-0.39, 0.29) is 28.5 Å². The zero-order chi connectivity index (χ0) is 21.6. The molecule has 1 atom stereocenters. The van der Waals surface area contributed by atoms with E-state index in [4.69, 9.17) is 17.3 Å². The summed E-state index contributed by atoms with van der Waals surface area (Å²) >= 11 is 6.56. The van der Waals surface area contributed by atoms with Gasteiger partial charge in [-0.3, -0.25) is 4.79 Å². The van der Waals surface area contributed by atoms with E-state index in [1.165, 1.54) is 24.4 Å². The predicted molar refractivity (Wildman–Crippen MR) is 108 cm³/mol. The molecule has 156 valence electrons. The van der Waals surface area contributed by atoms with Crippen LogP contribution >= 0.6 is 23.4 Å². The van der Waals surface area contributed by atoms with Gasteiger partial charge in [-0.05, 0) is 37.1 Å². The summed E-state index contributed by atoms with van der Waals surface area (Å²) in [6.07, 6.45) is 1.11. The van der Waals surface area contributed by atoms with Crippen molar-refractivity contribution in [2.45, 2.75) is 18.1 Å². The topological polar surface area (TPSA) is 101 Å². The Balaban J connectivity index is 2.27. The fourth-order valence-corrected chi connectivity index (χ4v) is 3.45. The quantitative estimate of drug-likeness (QED) is 0.343. The average Bonchev–Trinajstić information content (AvgIpc) is 2.66. The molecule has 1 heterocycles. The zero-order valence-electron chi connectivity index (χ0n) is 15.3. The molecule has 0 saturated heterocycles. The lowest BCUT2D eigenvalue weighted by Gasteiger charge is -2.26. The van der Waals surface area contributed by atoms with E-state index in [2.05, 4.69) is 15.3 Å². The maximum absolute atomic E-state index is 14.3. The number of aliphatic imine (C=N–C) groups is 1. The van der Waals surface area contributed by atoms with Crippen LogP contribution in [0.3, 0.4) is 0 Å². The van der Waals surface area contributed by atoms with E-state index >= 15 is 0 Å². The molecule has 0 saturated carbocycles. The molecule has 2 aromatic rings. The number of hydrogen-bond acceptors (Lipinski definition) is 5. The van der Waals surface area contributed by atoms with Crippen LogP contribution in [-0.2, 0) is 6.42 Å². The van der Waals surface area contributed by atoms with Crippen LogP contribution < -0.4 is 11.1 Å². The number of amides is 1. The lowest BCUT2D eigenvalue weighted by molar-refractivity contribution is 0.102. The van der Waals surface area contributed by atoms with Gasteiger partial charge in [-0.15, -0.1) is 0 Å². The molecular weight excluding hydrogens is 429 g/mol. The van der Waals surface area contributed by atoms with Crippen LogP contribution in [-0.4, -0.2) is 39.3 Å². The highest BCUT2D eigenvalue weighted by molar-refractivity contribution is 8.15. The molecule has 1 amide bonds. The summed E-state index contributed by atoms with van der Waals surface area (Å²) in [7, 11) is 0. The lowest BCUT2D eigenvalue weighted by Crippen LogP contribution is -2.32. The van der Waals surface area contributed by atoms with E-state index in [0.29, 0.717) is 5.02 Å². The van der Waals surface area contributed by atoms with Gasteiger partial charge in [-0.25, -0.2) is 23.1 Å². The van der Waals surface area contributed by atoms with Gasteiger partial charge >= 0.3 is 0 Å². The monoisotopic (exact) mass is 446 g/mol. The number of hydrogen-bond donors (Lipinski definition) is 3. The largest absolute Gasteiger partial charge is 0.395 e. The summed E-state index contributed by atoms with van der Waals surface area (Å²) in [5.74, 6) is -2.95. The molecule has 0 radical (unpaired) electrons. The number of thioether (sulfide) groups is 1. The second kappa shape index (κ2) is 9.95. The molecule has 2 rings (SSSR count). The van der Waals surface area contributed by atoms with E-state index in [9.17, 15) is 23.1 Å². The van der Waals surface area contributed by atoms with Crippen molar-refractivity contribution in [3.63, 3.8) is 0 Å². The van der Waals surface area contributed by atoms with Gasteiger partial charge in [-0.2, -0.15) is 0 Å². The number of nitrogens with one attached hydrogen (secondary N) is 1. The third kappa shape index (κ3) is 6.34. The smallest absolute Gasteiger partial charge is 0.274 e. The molecule has 1 aromatic carbocycles. The lowest BCUT2D eigenvalue weighted by atomic mass is 9.99. The molecule has 4 N–H and O–H groups in total. The van der Waals surface area contributed by atoms with Gasteiger partial charge in [-0.1, -0.05) is 23.4 Å². The Labute approximate surface area is 174 Å². The highest BCUT2D eigenvalue weighted by Crippen LogP contribution is 2.31. The SMILES string of the molecule is C[C@](CO)(Cc1cc(NC(=O)c2ccc(Cl)cn2)cc(F)c1F)SC(N)=NCF. The summed E-state index contributed by atoms with van der Waals surface area (Å²) in [6.45, 7) is 0.0363. The second-order valence-electron chi connectivity index (χ2n) is 6.25. The Morgan fingerprint density at radius 3 is 2.72 bits per heavy atom.